The van der Waals surface area contributed by atoms with Crippen LogP contribution in [0, 0.1) is 13.8 Å². The highest BCUT2D eigenvalue weighted by molar-refractivity contribution is 7.22. The van der Waals surface area contributed by atoms with Gasteiger partial charge in [-0.25, -0.2) is 4.98 Å². The molecule has 0 saturated carbocycles. The van der Waals surface area contributed by atoms with E-state index in [-0.39, 0.29) is 5.91 Å². The molecule has 0 aliphatic rings. The quantitative estimate of drug-likeness (QED) is 0.377. The maximum atomic E-state index is 13.3. The summed E-state index contributed by atoms with van der Waals surface area (Å²) in [5.74, 6) is -0.0119. The number of nitrogens with zero attached hydrogens (tertiary/aromatic N) is 2. The molecule has 2 heterocycles. The monoisotopic (exact) mass is 394 g/mol. The lowest BCUT2D eigenvalue weighted by Crippen LogP contribution is -2.30. The van der Waals surface area contributed by atoms with Crippen LogP contribution in [0.2, 0.25) is 5.15 Å². The summed E-state index contributed by atoms with van der Waals surface area (Å²) in [6.07, 6.45) is 0. The molecule has 0 unspecified atom stereocenters. The summed E-state index contributed by atoms with van der Waals surface area (Å²) in [6, 6.07) is 15.9. The van der Waals surface area contributed by atoms with Crippen molar-refractivity contribution in [3.05, 3.63) is 69.7 Å². The first-order valence-electron chi connectivity index (χ1n) is 8.86. The maximum absolute atomic E-state index is 13.3. The van der Waals surface area contributed by atoms with Crippen LogP contribution in [0.4, 0.5) is 5.69 Å². The van der Waals surface area contributed by atoms with Gasteiger partial charge in [-0.15, -0.1) is 11.3 Å². The summed E-state index contributed by atoms with van der Waals surface area (Å²) >= 11 is 7.87. The van der Waals surface area contributed by atoms with Gasteiger partial charge >= 0.3 is 0 Å². The fourth-order valence-electron chi connectivity index (χ4n) is 3.25. The summed E-state index contributed by atoms with van der Waals surface area (Å²) < 4.78 is 1.00. The van der Waals surface area contributed by atoms with E-state index in [1.807, 2.05) is 43.3 Å². The van der Waals surface area contributed by atoms with Crippen molar-refractivity contribution in [2.45, 2.75) is 20.8 Å². The standard InChI is InChI=1S/C22H19ClN2OS/c1-4-25(15-10-9-13(2)14(3)11-15)22(26)19-12-17-20(27-19)16-7-5-6-8-18(16)24-21(17)23/h5-12H,4H2,1-3H3. The van der Waals surface area contributed by atoms with Crippen molar-refractivity contribution in [3.8, 4) is 0 Å². The van der Waals surface area contributed by atoms with E-state index in [9.17, 15) is 4.79 Å². The Balaban J connectivity index is 1.83. The molecular formula is C22H19ClN2OS. The molecule has 2 aromatic heterocycles. The number of amides is 1. The number of carbonyl (C=O) groups is 1. The maximum Gasteiger partial charge on any atom is 0.268 e. The molecule has 4 aromatic rings. The Morgan fingerprint density at radius 1 is 1.07 bits per heavy atom. The van der Waals surface area contributed by atoms with Crippen molar-refractivity contribution in [2.75, 3.05) is 11.4 Å². The third-order valence-electron chi connectivity index (χ3n) is 4.90. The number of pyridine rings is 1. The van der Waals surface area contributed by atoms with Gasteiger partial charge in [-0.1, -0.05) is 35.9 Å². The predicted octanol–water partition coefficient (Wildman–Crippen LogP) is 6.39. The SMILES string of the molecule is CCN(C(=O)c1cc2c(Cl)nc3ccccc3c2s1)c1ccc(C)c(C)c1. The minimum atomic E-state index is -0.0119. The Bertz CT molecular complexity index is 1180. The minimum absolute atomic E-state index is 0.0119. The zero-order chi connectivity index (χ0) is 19.1. The van der Waals surface area contributed by atoms with Gasteiger partial charge in [0.2, 0.25) is 0 Å². The van der Waals surface area contributed by atoms with Gasteiger partial charge in [-0.05, 0) is 56.2 Å². The second-order valence-corrected chi connectivity index (χ2v) is 8.00. The molecular weight excluding hydrogens is 376 g/mol. The van der Waals surface area contributed by atoms with E-state index in [4.69, 9.17) is 11.6 Å². The van der Waals surface area contributed by atoms with E-state index in [0.717, 1.165) is 26.7 Å². The zero-order valence-electron chi connectivity index (χ0n) is 15.4. The number of aryl methyl sites for hydroxylation is 2. The normalized spacial score (nSPS) is 11.3. The topological polar surface area (TPSA) is 33.2 Å². The molecule has 0 aliphatic carbocycles. The molecule has 0 aliphatic heterocycles. The highest BCUT2D eigenvalue weighted by atomic mass is 35.5. The van der Waals surface area contributed by atoms with Gasteiger partial charge in [0.1, 0.15) is 5.15 Å². The molecule has 27 heavy (non-hydrogen) atoms. The van der Waals surface area contributed by atoms with E-state index < -0.39 is 0 Å². The van der Waals surface area contributed by atoms with Crippen LogP contribution in [0.25, 0.3) is 21.0 Å². The van der Waals surface area contributed by atoms with E-state index in [0.29, 0.717) is 16.6 Å². The zero-order valence-corrected chi connectivity index (χ0v) is 17.0. The number of thiophene rings is 1. The molecule has 136 valence electrons. The number of benzene rings is 2. The van der Waals surface area contributed by atoms with Crippen molar-refractivity contribution in [1.82, 2.24) is 4.98 Å². The molecule has 3 nitrogen and oxygen atoms in total. The molecule has 0 fully saturated rings. The van der Waals surface area contributed by atoms with Gasteiger partial charge in [0, 0.05) is 27.7 Å². The van der Waals surface area contributed by atoms with Crippen molar-refractivity contribution < 1.29 is 4.79 Å². The third-order valence-corrected chi connectivity index (χ3v) is 6.34. The number of hydrogen-bond donors (Lipinski definition) is 0. The predicted molar refractivity (Wildman–Crippen MR) is 115 cm³/mol. The van der Waals surface area contributed by atoms with Crippen LogP contribution in [-0.4, -0.2) is 17.4 Å². The highest BCUT2D eigenvalue weighted by Gasteiger charge is 2.21. The Morgan fingerprint density at radius 2 is 1.85 bits per heavy atom. The summed E-state index contributed by atoms with van der Waals surface area (Å²) in [6.45, 7) is 6.73. The van der Waals surface area contributed by atoms with Crippen LogP contribution < -0.4 is 4.90 Å². The molecule has 0 atom stereocenters. The van der Waals surface area contributed by atoms with Crippen molar-refractivity contribution >= 4 is 55.5 Å². The Morgan fingerprint density at radius 3 is 2.59 bits per heavy atom. The van der Waals surface area contributed by atoms with E-state index in [1.54, 1.807) is 4.90 Å². The van der Waals surface area contributed by atoms with Crippen molar-refractivity contribution in [1.29, 1.82) is 0 Å². The molecule has 0 radical (unpaired) electrons. The molecule has 5 heteroatoms. The van der Waals surface area contributed by atoms with Crippen LogP contribution in [0.5, 0.6) is 0 Å². The Hall–Kier alpha value is -2.43. The summed E-state index contributed by atoms with van der Waals surface area (Å²) in [4.78, 5) is 20.2. The number of fused-ring (bicyclic) bond motifs is 3. The summed E-state index contributed by atoms with van der Waals surface area (Å²) in [5, 5.41) is 2.29. The van der Waals surface area contributed by atoms with Crippen LogP contribution in [0.3, 0.4) is 0 Å². The highest BCUT2D eigenvalue weighted by Crippen LogP contribution is 2.36. The second-order valence-electron chi connectivity index (χ2n) is 6.59. The summed E-state index contributed by atoms with van der Waals surface area (Å²) in [7, 11) is 0. The average Bonchev–Trinajstić information content (AvgIpc) is 3.11. The van der Waals surface area contributed by atoms with Gasteiger partial charge in [0.25, 0.3) is 5.91 Å². The molecule has 1 amide bonds. The number of carbonyl (C=O) groups excluding carboxylic acids is 1. The fraction of sp³-hybridized carbons (Fsp3) is 0.182. The van der Waals surface area contributed by atoms with E-state index >= 15 is 0 Å². The molecule has 2 aromatic carbocycles. The third kappa shape index (κ3) is 3.09. The largest absolute Gasteiger partial charge is 0.308 e. The average molecular weight is 395 g/mol. The lowest BCUT2D eigenvalue weighted by atomic mass is 10.1. The molecule has 0 N–H and O–H groups in total. The van der Waals surface area contributed by atoms with Crippen LogP contribution >= 0.6 is 22.9 Å². The Labute approximate surface area is 167 Å². The number of aromatic nitrogens is 1. The van der Waals surface area contributed by atoms with Gasteiger partial charge < -0.3 is 4.90 Å². The van der Waals surface area contributed by atoms with E-state index in [1.165, 1.54) is 22.5 Å². The number of rotatable bonds is 3. The number of anilines is 1. The molecule has 4 rings (SSSR count). The van der Waals surface area contributed by atoms with Crippen LogP contribution in [0.15, 0.2) is 48.5 Å². The fourth-order valence-corrected chi connectivity index (χ4v) is 4.69. The van der Waals surface area contributed by atoms with Gasteiger partial charge in [0.15, 0.2) is 0 Å². The van der Waals surface area contributed by atoms with E-state index in [2.05, 4.69) is 31.0 Å². The number of para-hydroxylation sites is 1. The molecule has 0 spiro atoms. The first kappa shape index (κ1) is 18.0. The molecule has 0 saturated heterocycles. The van der Waals surface area contributed by atoms with Crippen molar-refractivity contribution in [2.24, 2.45) is 0 Å². The summed E-state index contributed by atoms with van der Waals surface area (Å²) in [5.41, 5.74) is 4.15. The number of hydrogen-bond acceptors (Lipinski definition) is 3. The second kappa shape index (κ2) is 6.95. The lowest BCUT2D eigenvalue weighted by Gasteiger charge is -2.21. The Kier molecular flexibility index (Phi) is 4.62. The smallest absolute Gasteiger partial charge is 0.268 e. The lowest BCUT2D eigenvalue weighted by molar-refractivity contribution is 0.0992. The minimum Gasteiger partial charge on any atom is -0.308 e. The first-order chi connectivity index (χ1) is 13.0. The van der Waals surface area contributed by atoms with Crippen LogP contribution in [0.1, 0.15) is 27.7 Å². The van der Waals surface area contributed by atoms with Crippen molar-refractivity contribution in [3.63, 3.8) is 0 Å². The van der Waals surface area contributed by atoms with Gasteiger partial charge in [0.05, 0.1) is 10.4 Å². The van der Waals surface area contributed by atoms with Crippen LogP contribution in [-0.2, 0) is 0 Å². The first-order valence-corrected chi connectivity index (χ1v) is 10.1. The number of halogens is 1. The molecule has 0 bridgehead atoms. The van der Waals surface area contributed by atoms with Gasteiger partial charge in [-0.3, -0.25) is 4.79 Å². The van der Waals surface area contributed by atoms with Gasteiger partial charge in [-0.2, -0.15) is 0 Å².